The number of nitrogens with one attached hydrogen (secondary N) is 1. The van der Waals surface area contributed by atoms with Crippen LogP contribution in [0, 0.1) is 17.8 Å². The van der Waals surface area contributed by atoms with Crippen molar-refractivity contribution in [2.24, 2.45) is 24.8 Å². The highest BCUT2D eigenvalue weighted by Gasteiger charge is 2.53. The number of fused-ring (bicyclic) bond motifs is 1. The Morgan fingerprint density at radius 3 is 2.66 bits per heavy atom. The Morgan fingerprint density at radius 2 is 1.97 bits per heavy atom. The molecule has 1 N–H and O–H groups in total. The van der Waals surface area contributed by atoms with E-state index in [2.05, 4.69) is 15.3 Å². The largest absolute Gasteiger partial charge is 0.381 e. The van der Waals surface area contributed by atoms with Gasteiger partial charge in [0.25, 0.3) is 0 Å². The summed E-state index contributed by atoms with van der Waals surface area (Å²) < 4.78 is 35.0. The lowest BCUT2D eigenvalue weighted by Gasteiger charge is -2.32. The third-order valence-corrected chi connectivity index (χ3v) is 9.90. The summed E-state index contributed by atoms with van der Waals surface area (Å²) in [6.07, 6.45) is 6.36. The van der Waals surface area contributed by atoms with Gasteiger partial charge in [-0.2, -0.15) is 5.10 Å². The van der Waals surface area contributed by atoms with Crippen LogP contribution in [0.2, 0.25) is 0 Å². The maximum absolute atomic E-state index is 14.0. The van der Waals surface area contributed by atoms with Gasteiger partial charge in [-0.15, -0.1) is 0 Å². The van der Waals surface area contributed by atoms with E-state index in [1.54, 1.807) is 11.7 Å². The van der Waals surface area contributed by atoms with E-state index in [0.717, 1.165) is 70.5 Å². The fourth-order valence-electron chi connectivity index (χ4n) is 5.93. The molecule has 5 rings (SSSR count). The summed E-state index contributed by atoms with van der Waals surface area (Å²) in [5.41, 5.74) is 0.955. The zero-order valence-electron chi connectivity index (χ0n) is 17.6. The van der Waals surface area contributed by atoms with Crippen LogP contribution in [-0.4, -0.2) is 67.9 Å². The van der Waals surface area contributed by atoms with Crippen LogP contribution in [0.25, 0.3) is 0 Å². The molecular weight excluding hydrogens is 388 g/mol. The van der Waals surface area contributed by atoms with Gasteiger partial charge in [0.2, 0.25) is 9.84 Å². The van der Waals surface area contributed by atoms with Crippen LogP contribution in [0.1, 0.15) is 50.1 Å². The molecule has 0 spiro atoms. The third kappa shape index (κ3) is 3.66. The molecule has 0 bridgehead atoms. The first-order valence-corrected chi connectivity index (χ1v) is 12.8. The number of ether oxygens (including phenoxy) is 1. The number of nitrogens with zero attached hydrogens (tertiary/aromatic N) is 3. The normalized spacial score (nSPS) is 34.0. The molecule has 7 nitrogen and oxygen atoms in total. The fraction of sp³-hybridized carbons (Fsp3) is 0.857. The monoisotopic (exact) mass is 422 g/mol. The van der Waals surface area contributed by atoms with Gasteiger partial charge in [0.15, 0.2) is 5.03 Å². The Kier molecular flexibility index (Phi) is 5.25. The Balaban J connectivity index is 1.45. The Bertz CT molecular complexity index is 844. The van der Waals surface area contributed by atoms with E-state index in [1.807, 2.05) is 13.1 Å². The second-order valence-electron chi connectivity index (χ2n) is 9.63. The van der Waals surface area contributed by atoms with Gasteiger partial charge in [-0.25, -0.2) is 8.42 Å². The Morgan fingerprint density at radius 1 is 1.21 bits per heavy atom. The van der Waals surface area contributed by atoms with Crippen molar-refractivity contribution >= 4 is 9.84 Å². The molecule has 4 aliphatic rings. The maximum atomic E-state index is 14.0. The Labute approximate surface area is 174 Å². The minimum atomic E-state index is -3.47. The minimum Gasteiger partial charge on any atom is -0.381 e. The summed E-state index contributed by atoms with van der Waals surface area (Å²) in [6, 6.07) is 2.29. The molecular formula is C21H34N4O3S. The first-order chi connectivity index (χ1) is 14.0. The molecule has 4 fully saturated rings. The molecule has 2 saturated heterocycles. The van der Waals surface area contributed by atoms with Crippen LogP contribution >= 0.6 is 0 Å². The summed E-state index contributed by atoms with van der Waals surface area (Å²) in [5, 5.41) is 7.94. The average Bonchev–Trinajstić information content (AvgIpc) is 3.22. The summed E-state index contributed by atoms with van der Waals surface area (Å²) in [4.78, 5) is 2.30. The van der Waals surface area contributed by atoms with Gasteiger partial charge in [-0.05, 0) is 69.4 Å². The van der Waals surface area contributed by atoms with Gasteiger partial charge >= 0.3 is 0 Å². The topological polar surface area (TPSA) is 76.5 Å². The summed E-state index contributed by atoms with van der Waals surface area (Å²) in [5.74, 6) is 1.66. The molecule has 2 saturated carbocycles. The molecule has 0 aromatic carbocycles. The number of aromatic nitrogens is 2. The third-order valence-electron chi connectivity index (χ3n) is 7.65. The second-order valence-corrected chi connectivity index (χ2v) is 11.6. The maximum Gasteiger partial charge on any atom is 0.211 e. The van der Waals surface area contributed by atoms with Crippen LogP contribution in [0.4, 0.5) is 0 Å². The number of rotatable bonds is 6. The molecule has 1 aromatic heterocycles. The summed E-state index contributed by atoms with van der Waals surface area (Å²) in [7, 11) is 0.316. The smallest absolute Gasteiger partial charge is 0.211 e. The standard InChI is InChI=1S/C21H34N4O3S/c1-22-17-9-16-13-25(12-14-5-7-28-8-6-14)21(18(16)10-17)29(26,27)20-11-19(15-3-4-15)23-24(20)2/h11,14-18,21-22H,3-10,12-13H2,1-2H3/t16-,17+,18+,21+/m1/s1. The van der Waals surface area contributed by atoms with Crippen molar-refractivity contribution in [2.45, 2.75) is 60.9 Å². The number of aryl methyl sites for hydroxylation is 1. The number of likely N-dealkylation sites (tertiary alicyclic amines) is 1. The van der Waals surface area contributed by atoms with Gasteiger partial charge in [-0.1, -0.05) is 0 Å². The molecule has 162 valence electrons. The van der Waals surface area contributed by atoms with E-state index in [0.29, 0.717) is 28.8 Å². The molecule has 2 aliphatic heterocycles. The lowest BCUT2D eigenvalue weighted by atomic mass is 10.00. The lowest BCUT2D eigenvalue weighted by molar-refractivity contribution is 0.0527. The number of sulfone groups is 1. The van der Waals surface area contributed by atoms with Gasteiger partial charge in [0.05, 0.1) is 5.69 Å². The predicted molar refractivity (Wildman–Crippen MR) is 110 cm³/mol. The highest BCUT2D eigenvalue weighted by molar-refractivity contribution is 7.92. The van der Waals surface area contributed by atoms with Gasteiger partial charge in [0.1, 0.15) is 5.37 Å². The quantitative estimate of drug-likeness (QED) is 0.753. The molecule has 3 heterocycles. The van der Waals surface area contributed by atoms with E-state index in [1.165, 1.54) is 0 Å². The molecule has 1 aromatic rings. The zero-order chi connectivity index (χ0) is 20.2. The first-order valence-electron chi connectivity index (χ1n) is 11.2. The molecule has 4 atom stereocenters. The zero-order valence-corrected chi connectivity index (χ0v) is 18.4. The van der Waals surface area contributed by atoms with E-state index in [4.69, 9.17) is 4.74 Å². The SMILES string of the molecule is CN[C@H]1C[C@@H]2CN(CC3CCOCC3)[C@@H](S(=O)(=O)c3cc(C4CC4)nn3C)[C@H]2C1. The molecule has 29 heavy (non-hydrogen) atoms. The van der Waals surface area contributed by atoms with Crippen LogP contribution in [0.3, 0.4) is 0 Å². The minimum absolute atomic E-state index is 0.205. The van der Waals surface area contributed by atoms with Crippen molar-refractivity contribution in [1.82, 2.24) is 20.0 Å². The van der Waals surface area contributed by atoms with Crippen LogP contribution in [0.15, 0.2) is 11.1 Å². The Hall–Kier alpha value is -0.960. The van der Waals surface area contributed by atoms with Crippen molar-refractivity contribution in [3.63, 3.8) is 0 Å². The van der Waals surface area contributed by atoms with Gasteiger partial charge in [-0.3, -0.25) is 9.58 Å². The fourth-order valence-corrected chi connectivity index (χ4v) is 8.23. The average molecular weight is 423 g/mol. The summed E-state index contributed by atoms with van der Waals surface area (Å²) >= 11 is 0. The highest BCUT2D eigenvalue weighted by Crippen LogP contribution is 2.47. The van der Waals surface area contributed by atoms with E-state index in [-0.39, 0.29) is 5.92 Å². The van der Waals surface area contributed by atoms with Crippen molar-refractivity contribution < 1.29 is 13.2 Å². The van der Waals surface area contributed by atoms with Gasteiger partial charge < -0.3 is 10.1 Å². The van der Waals surface area contributed by atoms with Crippen molar-refractivity contribution in [2.75, 3.05) is 33.4 Å². The van der Waals surface area contributed by atoms with E-state index in [9.17, 15) is 8.42 Å². The molecule has 0 radical (unpaired) electrons. The predicted octanol–water partition coefficient (Wildman–Crippen LogP) is 1.75. The highest BCUT2D eigenvalue weighted by atomic mass is 32.2. The van der Waals surface area contributed by atoms with Crippen molar-refractivity contribution in [3.05, 3.63) is 11.8 Å². The van der Waals surface area contributed by atoms with E-state index >= 15 is 0 Å². The van der Waals surface area contributed by atoms with Crippen LogP contribution in [-0.2, 0) is 21.6 Å². The summed E-state index contributed by atoms with van der Waals surface area (Å²) in [6.45, 7) is 3.38. The molecule has 2 aliphatic carbocycles. The van der Waals surface area contributed by atoms with Crippen LogP contribution in [0.5, 0.6) is 0 Å². The second kappa shape index (κ2) is 7.62. The molecule has 0 unspecified atom stereocenters. The van der Waals surface area contributed by atoms with Crippen molar-refractivity contribution in [1.29, 1.82) is 0 Å². The van der Waals surface area contributed by atoms with Gasteiger partial charge in [0, 0.05) is 45.3 Å². The number of hydrogen-bond donors (Lipinski definition) is 1. The van der Waals surface area contributed by atoms with Crippen LogP contribution < -0.4 is 5.32 Å². The first kappa shape index (κ1) is 20.0. The molecule has 8 heteroatoms. The lowest BCUT2D eigenvalue weighted by Crippen LogP contribution is -2.44. The van der Waals surface area contributed by atoms with E-state index < -0.39 is 15.2 Å². The van der Waals surface area contributed by atoms with Crippen molar-refractivity contribution in [3.8, 4) is 0 Å². The number of hydrogen-bond acceptors (Lipinski definition) is 6. The molecule has 0 amide bonds.